The molecular weight excluding hydrogens is 326 g/mol. The van der Waals surface area contributed by atoms with Gasteiger partial charge < -0.3 is 15.4 Å². The Labute approximate surface area is 155 Å². The molecule has 1 aromatic carbocycles. The van der Waals surface area contributed by atoms with E-state index >= 15 is 0 Å². The minimum absolute atomic E-state index is 0.0758. The van der Waals surface area contributed by atoms with Gasteiger partial charge in [-0.1, -0.05) is 43.9 Å². The molecule has 1 aliphatic carbocycles. The van der Waals surface area contributed by atoms with E-state index in [-0.39, 0.29) is 11.9 Å². The van der Waals surface area contributed by atoms with Gasteiger partial charge in [0.05, 0.1) is 19.0 Å². The number of carbonyl (C=O) groups excluding carboxylic acids is 1. The van der Waals surface area contributed by atoms with Crippen LogP contribution in [0.5, 0.6) is 5.75 Å². The highest BCUT2D eigenvalue weighted by atomic mass is 16.5. The number of hydrogen-bond donors (Lipinski definition) is 2. The zero-order chi connectivity index (χ0) is 18.2. The van der Waals surface area contributed by atoms with Crippen LogP contribution in [-0.4, -0.2) is 24.0 Å². The van der Waals surface area contributed by atoms with E-state index in [1.165, 1.54) is 25.7 Å². The fourth-order valence-electron chi connectivity index (χ4n) is 3.36. The molecule has 26 heavy (non-hydrogen) atoms. The number of aromatic nitrogens is 1. The third-order valence-electron chi connectivity index (χ3n) is 4.86. The first-order valence-electron chi connectivity index (χ1n) is 9.39. The van der Waals surface area contributed by atoms with Crippen LogP contribution in [-0.2, 0) is 6.54 Å². The van der Waals surface area contributed by atoms with Crippen molar-refractivity contribution >= 4 is 11.6 Å². The summed E-state index contributed by atoms with van der Waals surface area (Å²) in [7, 11) is 1.67. The Bertz CT molecular complexity index is 707. The normalized spacial score (nSPS) is 15.1. The molecule has 1 saturated carbocycles. The maximum Gasteiger partial charge on any atom is 0.270 e. The van der Waals surface area contributed by atoms with E-state index in [0.29, 0.717) is 12.2 Å². The summed E-state index contributed by atoms with van der Waals surface area (Å²) in [6, 6.07) is 11.9. The van der Waals surface area contributed by atoms with Crippen LogP contribution in [0.2, 0.25) is 0 Å². The van der Waals surface area contributed by atoms with E-state index in [2.05, 4.69) is 15.6 Å². The lowest BCUT2D eigenvalue weighted by atomic mass is 10.1. The molecule has 0 aliphatic heterocycles. The minimum atomic E-state index is -0.0758. The third-order valence-corrected chi connectivity index (χ3v) is 4.86. The summed E-state index contributed by atoms with van der Waals surface area (Å²) in [6.07, 6.45) is 8.80. The highest BCUT2D eigenvalue weighted by Crippen LogP contribution is 2.19. The molecular formula is C21H27N3O2. The molecule has 1 aromatic heterocycles. The minimum Gasteiger partial charge on any atom is -0.496 e. The zero-order valence-corrected chi connectivity index (χ0v) is 15.3. The number of pyridine rings is 1. The molecule has 5 heteroatoms. The Kier molecular flexibility index (Phi) is 6.47. The maximum atomic E-state index is 12.4. The molecule has 0 saturated heterocycles. The van der Waals surface area contributed by atoms with Crippen molar-refractivity contribution in [1.82, 2.24) is 10.3 Å². The van der Waals surface area contributed by atoms with Gasteiger partial charge in [-0.15, -0.1) is 0 Å². The van der Waals surface area contributed by atoms with E-state index in [1.807, 2.05) is 30.3 Å². The predicted molar refractivity (Wildman–Crippen MR) is 104 cm³/mol. The molecule has 2 N–H and O–H groups in total. The Morgan fingerprint density at radius 3 is 2.58 bits per heavy atom. The first kappa shape index (κ1) is 18.2. The lowest BCUT2D eigenvalue weighted by Crippen LogP contribution is -2.34. The van der Waals surface area contributed by atoms with Gasteiger partial charge in [0.1, 0.15) is 11.4 Å². The number of methoxy groups -OCH3 is 1. The van der Waals surface area contributed by atoms with Gasteiger partial charge >= 0.3 is 0 Å². The number of amides is 1. The Morgan fingerprint density at radius 1 is 1.12 bits per heavy atom. The SMILES string of the molecule is COc1ccccc1CNc1ccc(C(=O)NC2CCCCCC2)nc1. The molecule has 3 rings (SSSR count). The van der Waals surface area contributed by atoms with Crippen molar-refractivity contribution in [3.8, 4) is 5.75 Å². The van der Waals surface area contributed by atoms with Gasteiger partial charge in [0, 0.05) is 18.2 Å². The third kappa shape index (κ3) is 4.97. The highest BCUT2D eigenvalue weighted by molar-refractivity contribution is 5.92. The summed E-state index contributed by atoms with van der Waals surface area (Å²) >= 11 is 0. The number of rotatable bonds is 6. The quantitative estimate of drug-likeness (QED) is 0.766. The van der Waals surface area contributed by atoms with Crippen LogP contribution in [0.25, 0.3) is 0 Å². The van der Waals surface area contributed by atoms with Crippen LogP contribution in [0.1, 0.15) is 54.6 Å². The summed E-state index contributed by atoms with van der Waals surface area (Å²) in [5.74, 6) is 0.778. The van der Waals surface area contributed by atoms with Gasteiger partial charge in [-0.2, -0.15) is 0 Å². The Morgan fingerprint density at radius 2 is 1.88 bits per heavy atom. The molecule has 0 atom stereocenters. The lowest BCUT2D eigenvalue weighted by molar-refractivity contribution is 0.0928. The average Bonchev–Trinajstić information content (AvgIpc) is 2.95. The predicted octanol–water partition coefficient (Wildman–Crippen LogP) is 4.15. The van der Waals surface area contributed by atoms with Crippen molar-refractivity contribution in [1.29, 1.82) is 0 Å². The summed E-state index contributed by atoms with van der Waals surface area (Å²) in [6.45, 7) is 0.638. The van der Waals surface area contributed by atoms with Gasteiger partial charge in [-0.25, -0.2) is 4.98 Å². The standard InChI is InChI=1S/C21H27N3O2/c1-26-20-11-7-6-8-16(20)14-22-18-12-13-19(23-15-18)21(25)24-17-9-4-2-3-5-10-17/h6-8,11-13,15,17,22H,2-5,9-10,14H2,1H3,(H,24,25). The summed E-state index contributed by atoms with van der Waals surface area (Å²) in [4.78, 5) is 16.7. The second kappa shape index (κ2) is 9.22. The molecule has 5 nitrogen and oxygen atoms in total. The highest BCUT2D eigenvalue weighted by Gasteiger charge is 2.16. The van der Waals surface area contributed by atoms with Gasteiger partial charge in [0.15, 0.2) is 0 Å². The average molecular weight is 353 g/mol. The van der Waals surface area contributed by atoms with Crippen LogP contribution in [0, 0.1) is 0 Å². The fourth-order valence-corrected chi connectivity index (χ4v) is 3.36. The van der Waals surface area contributed by atoms with Crippen molar-refractivity contribution in [3.63, 3.8) is 0 Å². The topological polar surface area (TPSA) is 63.2 Å². The van der Waals surface area contributed by atoms with Crippen molar-refractivity contribution in [2.24, 2.45) is 0 Å². The van der Waals surface area contributed by atoms with Gasteiger partial charge in [0.2, 0.25) is 0 Å². The summed E-state index contributed by atoms with van der Waals surface area (Å²) in [5, 5.41) is 6.45. The number of nitrogens with zero attached hydrogens (tertiary/aromatic N) is 1. The monoisotopic (exact) mass is 353 g/mol. The number of ether oxygens (including phenoxy) is 1. The molecule has 1 heterocycles. The lowest BCUT2D eigenvalue weighted by Gasteiger charge is -2.16. The van der Waals surface area contributed by atoms with Crippen LogP contribution < -0.4 is 15.4 Å². The summed E-state index contributed by atoms with van der Waals surface area (Å²) < 4.78 is 5.36. The van der Waals surface area contributed by atoms with Gasteiger partial charge in [-0.3, -0.25) is 4.79 Å². The molecule has 0 radical (unpaired) electrons. The maximum absolute atomic E-state index is 12.4. The first-order valence-corrected chi connectivity index (χ1v) is 9.39. The number of hydrogen-bond acceptors (Lipinski definition) is 4. The first-order chi connectivity index (χ1) is 12.8. The van der Waals surface area contributed by atoms with Crippen LogP contribution >= 0.6 is 0 Å². The van der Waals surface area contributed by atoms with E-state index in [4.69, 9.17) is 4.74 Å². The van der Waals surface area contributed by atoms with Gasteiger partial charge in [0.25, 0.3) is 5.91 Å². The molecule has 138 valence electrons. The molecule has 1 aliphatic rings. The van der Waals surface area contributed by atoms with E-state index < -0.39 is 0 Å². The van der Waals surface area contributed by atoms with Gasteiger partial charge in [-0.05, 0) is 31.0 Å². The van der Waals surface area contributed by atoms with Crippen molar-refractivity contribution in [3.05, 3.63) is 53.9 Å². The molecule has 2 aromatic rings. The van der Waals surface area contributed by atoms with Crippen LogP contribution in [0.4, 0.5) is 5.69 Å². The second-order valence-electron chi connectivity index (χ2n) is 6.76. The number of carbonyl (C=O) groups is 1. The number of para-hydroxylation sites is 1. The van der Waals surface area contributed by atoms with Crippen LogP contribution in [0.3, 0.4) is 0 Å². The molecule has 1 amide bonds. The van der Waals surface area contributed by atoms with Crippen molar-refractivity contribution < 1.29 is 9.53 Å². The van der Waals surface area contributed by atoms with Crippen LogP contribution in [0.15, 0.2) is 42.6 Å². The van der Waals surface area contributed by atoms with E-state index in [9.17, 15) is 4.79 Å². The van der Waals surface area contributed by atoms with E-state index in [1.54, 1.807) is 19.4 Å². The van der Waals surface area contributed by atoms with Crippen molar-refractivity contribution in [2.45, 2.75) is 51.1 Å². The number of benzene rings is 1. The number of anilines is 1. The second-order valence-corrected chi connectivity index (χ2v) is 6.76. The van der Waals surface area contributed by atoms with E-state index in [0.717, 1.165) is 29.8 Å². The summed E-state index contributed by atoms with van der Waals surface area (Å²) in [5.41, 5.74) is 2.42. The smallest absolute Gasteiger partial charge is 0.270 e. The fraction of sp³-hybridized carbons (Fsp3) is 0.429. The molecule has 0 unspecified atom stereocenters. The largest absolute Gasteiger partial charge is 0.496 e. The Balaban J connectivity index is 1.55. The van der Waals surface area contributed by atoms with Crippen molar-refractivity contribution in [2.75, 3.05) is 12.4 Å². The molecule has 0 bridgehead atoms. The zero-order valence-electron chi connectivity index (χ0n) is 15.3. The number of nitrogens with one attached hydrogen (secondary N) is 2. The Hall–Kier alpha value is -2.56. The molecule has 1 fully saturated rings. The molecule has 0 spiro atoms.